The molecule has 3 fully saturated rings. The zero-order chi connectivity index (χ0) is 8.84. The Morgan fingerprint density at radius 3 is 2.38 bits per heavy atom. The molecule has 0 amide bonds. The first kappa shape index (κ1) is 8.14. The summed E-state index contributed by atoms with van der Waals surface area (Å²) in [7, 11) is 0. The molecule has 0 aromatic heterocycles. The van der Waals surface area contributed by atoms with Gasteiger partial charge in [-0.05, 0) is 0 Å². The van der Waals surface area contributed by atoms with Crippen molar-refractivity contribution in [2.24, 2.45) is 0 Å². The molecule has 0 bridgehead atoms. The third-order valence-electron chi connectivity index (χ3n) is 2.68. The van der Waals surface area contributed by atoms with Crippen LogP contribution in [0, 0.1) is 0 Å². The molecule has 0 unspecified atom stereocenters. The SMILES string of the molecule is OC[C@H]1O[C@@H](C2OCCO2)[C@@H]2O[C@@H]21. The largest absolute Gasteiger partial charge is 0.394 e. The number of rotatable bonds is 2. The number of hydrogen-bond donors (Lipinski definition) is 1. The molecular weight excluding hydrogens is 176 g/mol. The second kappa shape index (κ2) is 2.90. The van der Waals surface area contributed by atoms with Gasteiger partial charge in [0.2, 0.25) is 0 Å². The molecular formula is C8H12O5. The Labute approximate surface area is 75.5 Å². The maximum atomic E-state index is 8.94. The van der Waals surface area contributed by atoms with Gasteiger partial charge < -0.3 is 24.1 Å². The van der Waals surface area contributed by atoms with E-state index in [0.717, 1.165) is 0 Å². The molecule has 3 aliphatic rings. The summed E-state index contributed by atoms with van der Waals surface area (Å²) in [6.45, 7) is 1.24. The first-order valence-electron chi connectivity index (χ1n) is 4.55. The summed E-state index contributed by atoms with van der Waals surface area (Å²) in [6, 6.07) is 0. The zero-order valence-electron chi connectivity index (χ0n) is 7.09. The number of epoxide rings is 1. The molecule has 5 heteroatoms. The number of fused-ring (bicyclic) bond motifs is 1. The standard InChI is InChI=1S/C8H12O5/c9-3-4-5-6(13-5)7(12-4)8-10-1-2-11-8/h4-9H,1-3H2/t4-,5-,6-,7-/m1/s1. The van der Waals surface area contributed by atoms with Gasteiger partial charge in [0.15, 0.2) is 6.29 Å². The lowest BCUT2D eigenvalue weighted by molar-refractivity contribution is -0.168. The Bertz CT molecular complexity index is 203. The predicted octanol–water partition coefficient (Wildman–Crippen LogP) is -1.11. The molecule has 4 atom stereocenters. The summed E-state index contributed by atoms with van der Waals surface area (Å²) in [5, 5.41) is 8.94. The summed E-state index contributed by atoms with van der Waals surface area (Å²) in [5.74, 6) is 0. The molecule has 13 heavy (non-hydrogen) atoms. The van der Waals surface area contributed by atoms with Crippen LogP contribution in [0.1, 0.15) is 0 Å². The molecule has 3 heterocycles. The van der Waals surface area contributed by atoms with Crippen molar-refractivity contribution in [1.29, 1.82) is 0 Å². The molecule has 0 saturated carbocycles. The van der Waals surface area contributed by atoms with Crippen LogP contribution in [0.15, 0.2) is 0 Å². The molecule has 3 saturated heterocycles. The van der Waals surface area contributed by atoms with Crippen molar-refractivity contribution < 1.29 is 24.1 Å². The van der Waals surface area contributed by atoms with Crippen LogP contribution < -0.4 is 0 Å². The smallest absolute Gasteiger partial charge is 0.186 e. The molecule has 3 rings (SSSR count). The molecule has 1 N–H and O–H groups in total. The van der Waals surface area contributed by atoms with E-state index in [2.05, 4.69) is 0 Å². The fourth-order valence-electron chi connectivity index (χ4n) is 1.99. The number of hydrogen-bond acceptors (Lipinski definition) is 5. The van der Waals surface area contributed by atoms with Gasteiger partial charge in [0, 0.05) is 0 Å². The Kier molecular flexibility index (Phi) is 1.81. The van der Waals surface area contributed by atoms with Gasteiger partial charge in [-0.25, -0.2) is 0 Å². The maximum absolute atomic E-state index is 8.94. The highest BCUT2D eigenvalue weighted by Gasteiger charge is 2.60. The van der Waals surface area contributed by atoms with E-state index in [1.54, 1.807) is 0 Å². The highest BCUT2D eigenvalue weighted by Crippen LogP contribution is 2.41. The molecule has 0 aromatic carbocycles. The highest BCUT2D eigenvalue weighted by molar-refractivity contribution is 5.04. The molecule has 74 valence electrons. The maximum Gasteiger partial charge on any atom is 0.186 e. The predicted molar refractivity (Wildman–Crippen MR) is 40.1 cm³/mol. The van der Waals surface area contributed by atoms with Gasteiger partial charge in [0.1, 0.15) is 24.4 Å². The number of aliphatic hydroxyl groups excluding tert-OH is 1. The average Bonchev–Trinajstić information content (AvgIpc) is 2.67. The number of aliphatic hydroxyl groups is 1. The lowest BCUT2D eigenvalue weighted by Gasteiger charge is -2.20. The van der Waals surface area contributed by atoms with Gasteiger partial charge in [-0.15, -0.1) is 0 Å². The van der Waals surface area contributed by atoms with Gasteiger partial charge in [0.25, 0.3) is 0 Å². The van der Waals surface area contributed by atoms with Crippen LogP contribution in [-0.4, -0.2) is 55.6 Å². The Morgan fingerprint density at radius 1 is 1.00 bits per heavy atom. The summed E-state index contributed by atoms with van der Waals surface area (Å²) in [6.07, 6.45) is -0.512. The van der Waals surface area contributed by atoms with Crippen LogP contribution in [0.5, 0.6) is 0 Å². The van der Waals surface area contributed by atoms with Crippen LogP contribution in [0.25, 0.3) is 0 Å². The first-order chi connectivity index (χ1) is 6.40. The van der Waals surface area contributed by atoms with Crippen LogP contribution in [0.2, 0.25) is 0 Å². The van der Waals surface area contributed by atoms with Crippen molar-refractivity contribution in [2.75, 3.05) is 19.8 Å². The Balaban J connectivity index is 1.66. The van der Waals surface area contributed by atoms with Crippen molar-refractivity contribution in [2.45, 2.75) is 30.7 Å². The Morgan fingerprint density at radius 2 is 1.77 bits per heavy atom. The topological polar surface area (TPSA) is 60.5 Å². The highest BCUT2D eigenvalue weighted by atomic mass is 16.8. The quantitative estimate of drug-likeness (QED) is 0.556. The lowest BCUT2D eigenvalue weighted by Crippen LogP contribution is -2.33. The van der Waals surface area contributed by atoms with Gasteiger partial charge in [-0.1, -0.05) is 0 Å². The summed E-state index contributed by atoms with van der Waals surface area (Å²) >= 11 is 0. The summed E-state index contributed by atoms with van der Waals surface area (Å²) < 4.78 is 21.5. The van der Waals surface area contributed by atoms with E-state index in [9.17, 15) is 0 Å². The third kappa shape index (κ3) is 1.19. The van der Waals surface area contributed by atoms with E-state index >= 15 is 0 Å². The van der Waals surface area contributed by atoms with E-state index in [4.69, 9.17) is 24.1 Å². The molecule has 0 aromatic rings. The Hall–Kier alpha value is -0.200. The van der Waals surface area contributed by atoms with Crippen molar-refractivity contribution in [1.82, 2.24) is 0 Å². The van der Waals surface area contributed by atoms with E-state index in [1.807, 2.05) is 0 Å². The van der Waals surface area contributed by atoms with Crippen LogP contribution in [0.4, 0.5) is 0 Å². The van der Waals surface area contributed by atoms with Crippen LogP contribution in [-0.2, 0) is 18.9 Å². The van der Waals surface area contributed by atoms with Crippen LogP contribution >= 0.6 is 0 Å². The number of ether oxygens (including phenoxy) is 4. The minimum Gasteiger partial charge on any atom is -0.394 e. The van der Waals surface area contributed by atoms with Crippen molar-refractivity contribution >= 4 is 0 Å². The lowest BCUT2D eigenvalue weighted by atomic mass is 10.2. The monoisotopic (exact) mass is 188 g/mol. The first-order valence-corrected chi connectivity index (χ1v) is 4.55. The third-order valence-corrected chi connectivity index (χ3v) is 2.68. The van der Waals surface area contributed by atoms with Gasteiger partial charge >= 0.3 is 0 Å². The van der Waals surface area contributed by atoms with Gasteiger partial charge in [0.05, 0.1) is 19.8 Å². The van der Waals surface area contributed by atoms with Gasteiger partial charge in [-0.3, -0.25) is 0 Å². The van der Waals surface area contributed by atoms with E-state index in [-0.39, 0.29) is 37.3 Å². The van der Waals surface area contributed by atoms with Crippen molar-refractivity contribution in [3.05, 3.63) is 0 Å². The fraction of sp³-hybridized carbons (Fsp3) is 1.00. The van der Waals surface area contributed by atoms with Crippen molar-refractivity contribution in [3.8, 4) is 0 Å². The van der Waals surface area contributed by atoms with E-state index in [1.165, 1.54) is 0 Å². The van der Waals surface area contributed by atoms with E-state index in [0.29, 0.717) is 13.2 Å². The summed E-state index contributed by atoms with van der Waals surface area (Å²) in [5.41, 5.74) is 0. The van der Waals surface area contributed by atoms with Gasteiger partial charge in [-0.2, -0.15) is 0 Å². The molecule has 0 radical (unpaired) electrons. The molecule has 0 aliphatic carbocycles. The second-order valence-electron chi connectivity index (χ2n) is 3.50. The van der Waals surface area contributed by atoms with E-state index < -0.39 is 0 Å². The average molecular weight is 188 g/mol. The van der Waals surface area contributed by atoms with Crippen molar-refractivity contribution in [3.63, 3.8) is 0 Å². The second-order valence-corrected chi connectivity index (χ2v) is 3.50. The zero-order valence-corrected chi connectivity index (χ0v) is 7.09. The molecule has 0 spiro atoms. The molecule has 5 nitrogen and oxygen atoms in total. The molecule has 3 aliphatic heterocycles. The fourth-order valence-corrected chi connectivity index (χ4v) is 1.99. The summed E-state index contributed by atoms with van der Waals surface area (Å²) in [4.78, 5) is 0. The normalized spacial score (nSPS) is 49.6. The minimum atomic E-state index is -0.299. The minimum absolute atomic E-state index is 0.00435. The van der Waals surface area contributed by atoms with Crippen LogP contribution in [0.3, 0.4) is 0 Å².